The first-order valence-corrected chi connectivity index (χ1v) is 8.73. The first kappa shape index (κ1) is 13.0. The number of benzene rings is 1. The van der Waals surface area contributed by atoms with E-state index in [0.29, 0.717) is 17.7 Å². The number of hydrogen-bond donors (Lipinski definition) is 1. The van der Waals surface area contributed by atoms with Crippen molar-refractivity contribution in [3.05, 3.63) is 29.5 Å². The molecule has 2 saturated heterocycles. The predicted octanol–water partition coefficient (Wildman–Crippen LogP) is 3.90. The SMILES string of the molecule is CCC1CC2CC3c4oc5ccc(O)cc5c4CCN(C2)C13. The van der Waals surface area contributed by atoms with Crippen molar-refractivity contribution >= 4 is 11.0 Å². The van der Waals surface area contributed by atoms with E-state index in [0.717, 1.165) is 35.8 Å². The van der Waals surface area contributed by atoms with Crippen LogP contribution in [0.4, 0.5) is 0 Å². The predicted molar refractivity (Wildman–Crippen MR) is 86.2 cm³/mol. The van der Waals surface area contributed by atoms with Gasteiger partial charge in [0.1, 0.15) is 17.1 Å². The molecule has 116 valence electrons. The van der Waals surface area contributed by atoms with E-state index in [1.54, 1.807) is 6.07 Å². The van der Waals surface area contributed by atoms with Crippen molar-refractivity contribution in [2.75, 3.05) is 13.1 Å². The first-order valence-electron chi connectivity index (χ1n) is 8.73. The molecule has 1 aromatic carbocycles. The standard InChI is InChI=1S/C19H23NO2/c1-2-12-7-11-8-16-18(12)20(10-11)6-5-14-15-9-13(21)3-4-17(15)22-19(14)16/h3-4,9,11-12,16,18,21H,2,5-8,10H2,1H3. The van der Waals surface area contributed by atoms with Crippen LogP contribution < -0.4 is 0 Å². The molecule has 3 fully saturated rings. The van der Waals surface area contributed by atoms with Crippen molar-refractivity contribution in [2.45, 2.75) is 44.6 Å². The third kappa shape index (κ3) is 1.66. The van der Waals surface area contributed by atoms with E-state index in [1.807, 2.05) is 12.1 Å². The van der Waals surface area contributed by atoms with Gasteiger partial charge in [-0.3, -0.25) is 4.90 Å². The van der Waals surface area contributed by atoms with Crippen LogP contribution >= 0.6 is 0 Å². The second-order valence-corrected chi connectivity index (χ2v) is 7.47. The molecule has 4 heterocycles. The minimum Gasteiger partial charge on any atom is -0.508 e. The molecule has 0 radical (unpaired) electrons. The van der Waals surface area contributed by atoms with E-state index in [9.17, 15) is 5.11 Å². The quantitative estimate of drug-likeness (QED) is 0.867. The van der Waals surface area contributed by atoms with Crippen LogP contribution in [0, 0.1) is 11.8 Å². The van der Waals surface area contributed by atoms with Gasteiger partial charge in [0.2, 0.25) is 0 Å². The van der Waals surface area contributed by atoms with Gasteiger partial charge in [0.25, 0.3) is 0 Å². The Bertz CT molecular complexity index is 734. The lowest BCUT2D eigenvalue weighted by Gasteiger charge is -2.52. The number of phenols is 1. The van der Waals surface area contributed by atoms with Gasteiger partial charge < -0.3 is 9.52 Å². The molecule has 0 amide bonds. The Labute approximate surface area is 130 Å². The molecule has 3 aliphatic heterocycles. The van der Waals surface area contributed by atoms with E-state index in [4.69, 9.17) is 4.42 Å². The maximum atomic E-state index is 9.84. The number of hydrogen-bond acceptors (Lipinski definition) is 3. The molecule has 3 nitrogen and oxygen atoms in total. The Balaban J connectivity index is 1.69. The second kappa shape index (κ2) is 4.51. The number of piperidine rings is 2. The molecule has 1 aliphatic carbocycles. The summed E-state index contributed by atoms with van der Waals surface area (Å²) in [5, 5.41) is 11.0. The van der Waals surface area contributed by atoms with Crippen LogP contribution in [0.15, 0.2) is 22.6 Å². The maximum absolute atomic E-state index is 9.84. The van der Waals surface area contributed by atoms with Crippen LogP contribution in [0.3, 0.4) is 0 Å². The lowest BCUT2D eigenvalue weighted by atomic mass is 9.65. The number of nitrogens with zero attached hydrogens (tertiary/aromatic N) is 1. The number of fused-ring (bicyclic) bond motifs is 4. The largest absolute Gasteiger partial charge is 0.508 e. The number of phenolic OH excluding ortho intramolecular Hbond substituents is 1. The van der Waals surface area contributed by atoms with Crippen LogP contribution in [0.5, 0.6) is 5.75 Å². The van der Waals surface area contributed by atoms with E-state index in [-0.39, 0.29) is 0 Å². The van der Waals surface area contributed by atoms with Gasteiger partial charge in [-0.05, 0) is 49.3 Å². The summed E-state index contributed by atoms with van der Waals surface area (Å²) < 4.78 is 6.32. The lowest BCUT2D eigenvalue weighted by Crippen LogP contribution is -2.56. The van der Waals surface area contributed by atoms with Crippen LogP contribution in [0.25, 0.3) is 11.0 Å². The van der Waals surface area contributed by atoms with E-state index in [2.05, 4.69) is 11.8 Å². The summed E-state index contributed by atoms with van der Waals surface area (Å²) in [6.07, 6.45) is 5.04. The van der Waals surface area contributed by atoms with Crippen LogP contribution in [0.2, 0.25) is 0 Å². The zero-order valence-corrected chi connectivity index (χ0v) is 13.1. The fourth-order valence-corrected chi connectivity index (χ4v) is 5.52. The summed E-state index contributed by atoms with van der Waals surface area (Å²) in [5.74, 6) is 3.80. The van der Waals surface area contributed by atoms with E-state index in [1.165, 1.54) is 37.1 Å². The lowest BCUT2D eigenvalue weighted by molar-refractivity contribution is -0.0169. The zero-order chi connectivity index (χ0) is 14.8. The molecule has 1 N–H and O–H groups in total. The van der Waals surface area contributed by atoms with Crippen LogP contribution in [-0.4, -0.2) is 29.1 Å². The van der Waals surface area contributed by atoms with Gasteiger partial charge in [0.15, 0.2) is 0 Å². The van der Waals surface area contributed by atoms with E-state index >= 15 is 0 Å². The van der Waals surface area contributed by atoms with Crippen molar-refractivity contribution in [1.29, 1.82) is 0 Å². The topological polar surface area (TPSA) is 36.6 Å². The van der Waals surface area contributed by atoms with Gasteiger partial charge in [0.05, 0.1) is 0 Å². The van der Waals surface area contributed by atoms with Crippen molar-refractivity contribution in [3.8, 4) is 5.75 Å². The molecule has 4 aliphatic rings. The Hall–Kier alpha value is -1.48. The fraction of sp³-hybridized carbons (Fsp3) is 0.579. The van der Waals surface area contributed by atoms with Crippen molar-refractivity contribution < 1.29 is 9.52 Å². The molecule has 5 atom stereocenters. The van der Waals surface area contributed by atoms with Gasteiger partial charge in [0, 0.05) is 36.0 Å². The normalized spacial score (nSPS) is 36.3. The molecule has 3 heteroatoms. The first-order chi connectivity index (χ1) is 10.7. The van der Waals surface area contributed by atoms with E-state index < -0.39 is 0 Å². The molecule has 1 saturated carbocycles. The third-order valence-corrected chi connectivity index (χ3v) is 6.35. The van der Waals surface area contributed by atoms with Gasteiger partial charge in [-0.1, -0.05) is 13.3 Å². The molecule has 1 aromatic heterocycles. The summed E-state index contributed by atoms with van der Waals surface area (Å²) in [6, 6.07) is 6.22. The Morgan fingerprint density at radius 2 is 2.23 bits per heavy atom. The Morgan fingerprint density at radius 1 is 1.32 bits per heavy atom. The van der Waals surface area contributed by atoms with Crippen molar-refractivity contribution in [1.82, 2.24) is 4.90 Å². The summed E-state index contributed by atoms with van der Waals surface area (Å²) in [4.78, 5) is 2.74. The summed E-state index contributed by atoms with van der Waals surface area (Å²) in [6.45, 7) is 4.77. The maximum Gasteiger partial charge on any atom is 0.134 e. The van der Waals surface area contributed by atoms with Gasteiger partial charge in [-0.2, -0.15) is 0 Å². The molecule has 4 bridgehead atoms. The summed E-state index contributed by atoms with van der Waals surface area (Å²) in [5.41, 5.74) is 2.31. The van der Waals surface area contributed by atoms with Crippen molar-refractivity contribution in [2.24, 2.45) is 11.8 Å². The highest BCUT2D eigenvalue weighted by Crippen LogP contribution is 2.51. The van der Waals surface area contributed by atoms with Crippen LogP contribution in [0.1, 0.15) is 43.4 Å². The summed E-state index contributed by atoms with van der Waals surface area (Å²) in [7, 11) is 0. The molecular weight excluding hydrogens is 274 g/mol. The smallest absolute Gasteiger partial charge is 0.134 e. The zero-order valence-electron chi connectivity index (χ0n) is 13.1. The van der Waals surface area contributed by atoms with Crippen LogP contribution in [-0.2, 0) is 6.42 Å². The summed E-state index contributed by atoms with van der Waals surface area (Å²) >= 11 is 0. The average Bonchev–Trinajstić information content (AvgIpc) is 2.85. The number of aromatic hydroxyl groups is 1. The molecule has 2 aromatic rings. The Kier molecular flexibility index (Phi) is 2.67. The molecule has 0 spiro atoms. The van der Waals surface area contributed by atoms with Gasteiger partial charge >= 0.3 is 0 Å². The third-order valence-electron chi connectivity index (χ3n) is 6.35. The fourth-order valence-electron chi connectivity index (χ4n) is 5.52. The molecule has 6 rings (SSSR count). The minimum absolute atomic E-state index is 0.344. The Morgan fingerprint density at radius 3 is 3.09 bits per heavy atom. The minimum atomic E-state index is 0.344. The van der Waals surface area contributed by atoms with Crippen molar-refractivity contribution in [3.63, 3.8) is 0 Å². The average molecular weight is 297 g/mol. The monoisotopic (exact) mass is 297 g/mol. The highest BCUT2D eigenvalue weighted by atomic mass is 16.3. The molecular formula is C19H23NO2. The highest BCUT2D eigenvalue weighted by Gasteiger charge is 2.49. The highest BCUT2D eigenvalue weighted by molar-refractivity contribution is 5.84. The number of rotatable bonds is 1. The van der Waals surface area contributed by atoms with Gasteiger partial charge in [-0.25, -0.2) is 0 Å². The molecule has 5 unspecified atom stereocenters. The van der Waals surface area contributed by atoms with Gasteiger partial charge in [-0.15, -0.1) is 0 Å². The second-order valence-electron chi connectivity index (χ2n) is 7.47. The number of furan rings is 1. The molecule has 22 heavy (non-hydrogen) atoms.